The SMILES string of the molecule is CCOc1cc(/C=C2/S/C(=N\c3ccc(C(=O)Cl)cc3)N(C)C2=O)ccc1O. The van der Waals surface area contributed by atoms with E-state index in [4.69, 9.17) is 16.3 Å². The minimum absolute atomic E-state index is 0.0487. The van der Waals surface area contributed by atoms with E-state index < -0.39 is 5.24 Å². The highest BCUT2D eigenvalue weighted by Gasteiger charge is 2.30. The molecule has 0 aliphatic carbocycles. The third-order valence-corrected chi connectivity index (χ3v) is 5.18. The molecule has 2 aromatic carbocycles. The normalized spacial score (nSPS) is 16.8. The zero-order valence-electron chi connectivity index (χ0n) is 15.2. The Kier molecular flexibility index (Phi) is 6.06. The van der Waals surface area contributed by atoms with E-state index >= 15 is 0 Å². The van der Waals surface area contributed by atoms with Crippen molar-refractivity contribution in [3.05, 3.63) is 58.5 Å². The number of nitrogens with zero attached hydrogens (tertiary/aromatic N) is 2. The van der Waals surface area contributed by atoms with Gasteiger partial charge in [-0.15, -0.1) is 0 Å². The number of hydrogen-bond acceptors (Lipinski definition) is 6. The quantitative estimate of drug-likeness (QED) is 0.577. The van der Waals surface area contributed by atoms with Crippen molar-refractivity contribution < 1.29 is 19.4 Å². The molecule has 1 fully saturated rings. The average Bonchev–Trinajstić information content (AvgIpc) is 2.93. The number of carbonyl (C=O) groups is 2. The number of phenolic OH excluding ortho intramolecular Hbond substituents is 1. The lowest BCUT2D eigenvalue weighted by Crippen LogP contribution is -2.23. The van der Waals surface area contributed by atoms with E-state index in [9.17, 15) is 14.7 Å². The third-order valence-electron chi connectivity index (χ3n) is 3.90. The maximum atomic E-state index is 12.5. The number of amides is 1. The van der Waals surface area contributed by atoms with Gasteiger partial charge in [-0.3, -0.25) is 14.5 Å². The number of hydrogen-bond donors (Lipinski definition) is 1. The molecule has 0 saturated carbocycles. The summed E-state index contributed by atoms with van der Waals surface area (Å²) in [4.78, 5) is 30.1. The van der Waals surface area contributed by atoms with Crippen LogP contribution in [0.3, 0.4) is 0 Å². The second kappa shape index (κ2) is 8.50. The second-order valence-electron chi connectivity index (χ2n) is 5.85. The first-order chi connectivity index (χ1) is 13.4. The number of aliphatic imine (C=N–C) groups is 1. The molecule has 1 N–H and O–H groups in total. The highest BCUT2D eigenvalue weighted by Crippen LogP contribution is 2.35. The smallest absolute Gasteiger partial charge is 0.266 e. The molecule has 1 aliphatic rings. The van der Waals surface area contributed by atoms with Gasteiger partial charge in [0.25, 0.3) is 11.1 Å². The number of likely N-dealkylation sites (N-methyl/N-ethyl adjacent to an activating group) is 1. The molecule has 0 unspecified atom stereocenters. The number of carbonyl (C=O) groups excluding carboxylic acids is 2. The van der Waals surface area contributed by atoms with E-state index in [-0.39, 0.29) is 11.7 Å². The molecule has 0 radical (unpaired) electrons. The monoisotopic (exact) mass is 416 g/mol. The van der Waals surface area contributed by atoms with Gasteiger partial charge < -0.3 is 9.84 Å². The maximum Gasteiger partial charge on any atom is 0.266 e. The van der Waals surface area contributed by atoms with Crippen LogP contribution in [0, 0.1) is 0 Å². The van der Waals surface area contributed by atoms with Crippen molar-refractivity contribution in [3.63, 3.8) is 0 Å². The van der Waals surface area contributed by atoms with Crippen molar-refractivity contribution in [3.8, 4) is 11.5 Å². The molecule has 1 saturated heterocycles. The van der Waals surface area contributed by atoms with Crippen molar-refractivity contribution >= 4 is 51.4 Å². The minimum Gasteiger partial charge on any atom is -0.504 e. The number of benzene rings is 2. The first-order valence-electron chi connectivity index (χ1n) is 8.41. The Morgan fingerprint density at radius 2 is 2.00 bits per heavy atom. The molecule has 0 aromatic heterocycles. The summed E-state index contributed by atoms with van der Waals surface area (Å²) >= 11 is 6.68. The van der Waals surface area contributed by atoms with Gasteiger partial charge in [-0.1, -0.05) is 6.07 Å². The summed E-state index contributed by atoms with van der Waals surface area (Å²) < 4.78 is 5.38. The van der Waals surface area contributed by atoms with Crippen LogP contribution in [0.5, 0.6) is 11.5 Å². The van der Waals surface area contributed by atoms with Crippen molar-refractivity contribution in [2.24, 2.45) is 4.99 Å². The van der Waals surface area contributed by atoms with Crippen LogP contribution in [0.25, 0.3) is 6.08 Å². The molecule has 8 heteroatoms. The molecular formula is C20H17ClN2O4S. The Balaban J connectivity index is 1.85. The van der Waals surface area contributed by atoms with Gasteiger partial charge in [-0.2, -0.15) is 0 Å². The molecule has 6 nitrogen and oxygen atoms in total. The number of aromatic hydroxyl groups is 1. The Labute approximate surface area is 171 Å². The van der Waals surface area contributed by atoms with Gasteiger partial charge in [0.05, 0.1) is 17.2 Å². The van der Waals surface area contributed by atoms with E-state index in [0.717, 1.165) is 5.56 Å². The molecular weight excluding hydrogens is 400 g/mol. The topological polar surface area (TPSA) is 79.2 Å². The van der Waals surface area contributed by atoms with Crippen LogP contribution in [0.4, 0.5) is 5.69 Å². The third kappa shape index (κ3) is 4.37. The molecule has 1 heterocycles. The molecule has 1 amide bonds. The highest BCUT2D eigenvalue weighted by atomic mass is 35.5. The molecule has 0 atom stereocenters. The predicted octanol–water partition coefficient (Wildman–Crippen LogP) is 4.40. The van der Waals surface area contributed by atoms with Gasteiger partial charge in [0, 0.05) is 12.6 Å². The average molecular weight is 417 g/mol. The zero-order chi connectivity index (χ0) is 20.3. The van der Waals surface area contributed by atoms with Gasteiger partial charge in [0.15, 0.2) is 16.7 Å². The van der Waals surface area contributed by atoms with Gasteiger partial charge in [0.2, 0.25) is 0 Å². The van der Waals surface area contributed by atoms with Crippen LogP contribution in [0.15, 0.2) is 52.4 Å². The van der Waals surface area contributed by atoms with Gasteiger partial charge in [0.1, 0.15) is 0 Å². The number of rotatable bonds is 5. The predicted molar refractivity (Wildman–Crippen MR) is 111 cm³/mol. The molecule has 144 valence electrons. The summed E-state index contributed by atoms with van der Waals surface area (Å²) in [5, 5.41) is 9.79. The Bertz CT molecular complexity index is 986. The standard InChI is InChI=1S/C20H17ClN2O4S/c1-3-27-16-10-12(4-9-15(16)24)11-17-19(26)23(2)20(28-17)22-14-7-5-13(6-8-14)18(21)25/h4-11,24H,3H2,1-2H3/b17-11+,22-20-. The van der Waals surface area contributed by atoms with Crippen molar-refractivity contribution in [2.75, 3.05) is 13.7 Å². The number of halogens is 1. The Morgan fingerprint density at radius 1 is 1.29 bits per heavy atom. The van der Waals surface area contributed by atoms with Crippen LogP contribution in [0.1, 0.15) is 22.8 Å². The van der Waals surface area contributed by atoms with E-state index in [1.807, 2.05) is 6.92 Å². The van der Waals surface area contributed by atoms with Gasteiger partial charge in [-0.05, 0) is 78.3 Å². The zero-order valence-corrected chi connectivity index (χ0v) is 16.8. The summed E-state index contributed by atoms with van der Waals surface area (Å²) in [6.07, 6.45) is 1.73. The van der Waals surface area contributed by atoms with Gasteiger partial charge in [-0.25, -0.2) is 4.99 Å². The van der Waals surface area contributed by atoms with E-state index in [0.29, 0.717) is 33.7 Å². The Morgan fingerprint density at radius 3 is 2.64 bits per heavy atom. The summed E-state index contributed by atoms with van der Waals surface area (Å²) in [5.41, 5.74) is 1.72. The van der Waals surface area contributed by atoms with Crippen molar-refractivity contribution in [1.29, 1.82) is 0 Å². The van der Waals surface area contributed by atoms with Gasteiger partial charge >= 0.3 is 0 Å². The summed E-state index contributed by atoms with van der Waals surface area (Å²) in [5.74, 6) is 0.235. The van der Waals surface area contributed by atoms with E-state index in [1.54, 1.807) is 49.5 Å². The first kappa shape index (κ1) is 20.0. The van der Waals surface area contributed by atoms with Crippen LogP contribution in [-0.4, -0.2) is 40.0 Å². The van der Waals surface area contributed by atoms with Crippen molar-refractivity contribution in [2.45, 2.75) is 6.92 Å². The molecule has 2 aromatic rings. The largest absolute Gasteiger partial charge is 0.504 e. The lowest BCUT2D eigenvalue weighted by Gasteiger charge is -2.07. The number of phenols is 1. The lowest BCUT2D eigenvalue weighted by molar-refractivity contribution is -0.121. The van der Waals surface area contributed by atoms with Crippen LogP contribution < -0.4 is 4.74 Å². The lowest BCUT2D eigenvalue weighted by atomic mass is 10.2. The molecule has 0 bridgehead atoms. The summed E-state index contributed by atoms with van der Waals surface area (Å²) in [6, 6.07) is 11.4. The first-order valence-corrected chi connectivity index (χ1v) is 9.60. The fourth-order valence-corrected chi connectivity index (χ4v) is 3.58. The molecule has 28 heavy (non-hydrogen) atoms. The number of thioether (sulfide) groups is 1. The van der Waals surface area contributed by atoms with Crippen LogP contribution in [-0.2, 0) is 4.79 Å². The number of amidine groups is 1. The second-order valence-corrected chi connectivity index (χ2v) is 7.20. The highest BCUT2D eigenvalue weighted by molar-refractivity contribution is 8.18. The molecule has 1 aliphatic heterocycles. The van der Waals surface area contributed by atoms with Crippen LogP contribution >= 0.6 is 23.4 Å². The van der Waals surface area contributed by atoms with Crippen molar-refractivity contribution in [1.82, 2.24) is 4.90 Å². The summed E-state index contributed by atoms with van der Waals surface area (Å²) in [7, 11) is 1.65. The molecule has 0 spiro atoms. The molecule has 3 rings (SSSR count). The van der Waals surface area contributed by atoms with Crippen LogP contribution in [0.2, 0.25) is 0 Å². The summed E-state index contributed by atoms with van der Waals surface area (Å²) in [6.45, 7) is 2.25. The number of ether oxygens (including phenoxy) is 1. The maximum absolute atomic E-state index is 12.5. The van der Waals surface area contributed by atoms with E-state index in [1.165, 1.54) is 22.7 Å². The fraction of sp³-hybridized carbons (Fsp3) is 0.150. The minimum atomic E-state index is -0.535. The Hall–Kier alpha value is -2.77. The van der Waals surface area contributed by atoms with E-state index in [2.05, 4.69) is 4.99 Å². The fourth-order valence-electron chi connectivity index (χ4n) is 2.47.